The molecule has 1 saturated heterocycles. The van der Waals surface area contributed by atoms with Crippen LogP contribution in [0.15, 0.2) is 0 Å². The highest BCUT2D eigenvalue weighted by Gasteiger charge is 2.26. The third-order valence-electron chi connectivity index (χ3n) is 4.34. The maximum absolute atomic E-state index is 9.14. The van der Waals surface area contributed by atoms with Gasteiger partial charge in [0, 0.05) is 12.6 Å². The molecule has 0 amide bonds. The van der Waals surface area contributed by atoms with Gasteiger partial charge < -0.3 is 4.90 Å². The van der Waals surface area contributed by atoms with Crippen molar-refractivity contribution >= 4 is 0 Å². The Labute approximate surface area is 112 Å². The summed E-state index contributed by atoms with van der Waals surface area (Å²) in [5.74, 6) is 0. The van der Waals surface area contributed by atoms with Crippen molar-refractivity contribution in [2.45, 2.75) is 64.5 Å². The number of hydrogen-bond acceptors (Lipinski definition) is 3. The molecule has 0 spiro atoms. The van der Waals surface area contributed by atoms with Gasteiger partial charge in [0.05, 0.1) is 12.1 Å². The fourth-order valence-electron chi connectivity index (χ4n) is 2.73. The zero-order valence-electron chi connectivity index (χ0n) is 11.9. The van der Waals surface area contributed by atoms with Crippen LogP contribution < -0.4 is 5.32 Å². The van der Waals surface area contributed by atoms with Gasteiger partial charge in [0.25, 0.3) is 0 Å². The second-order valence-corrected chi connectivity index (χ2v) is 6.77. The minimum atomic E-state index is 0.0637. The molecule has 1 saturated carbocycles. The van der Waals surface area contributed by atoms with Crippen LogP contribution in [0.25, 0.3) is 0 Å². The van der Waals surface area contributed by atoms with Crippen molar-refractivity contribution in [2.75, 3.05) is 19.6 Å². The van der Waals surface area contributed by atoms with Crippen molar-refractivity contribution in [2.24, 2.45) is 5.41 Å². The first-order valence-corrected chi connectivity index (χ1v) is 7.47. The van der Waals surface area contributed by atoms with E-state index in [2.05, 4.69) is 30.1 Å². The van der Waals surface area contributed by atoms with Crippen LogP contribution in [-0.2, 0) is 0 Å². The predicted molar refractivity (Wildman–Crippen MR) is 74.2 cm³/mol. The fourth-order valence-corrected chi connectivity index (χ4v) is 2.73. The molecule has 1 N–H and O–H groups in total. The van der Waals surface area contributed by atoms with E-state index in [-0.39, 0.29) is 6.04 Å². The molecule has 0 aromatic carbocycles. The molecule has 0 bridgehead atoms. The molecule has 0 aromatic heterocycles. The molecule has 3 heteroatoms. The monoisotopic (exact) mass is 249 g/mol. The predicted octanol–water partition coefficient (Wildman–Crippen LogP) is 2.53. The van der Waals surface area contributed by atoms with Crippen LogP contribution in [0.5, 0.6) is 0 Å². The number of nitrogens with one attached hydrogen (secondary N) is 1. The van der Waals surface area contributed by atoms with Crippen LogP contribution in [0.1, 0.15) is 52.4 Å². The quantitative estimate of drug-likeness (QED) is 0.814. The van der Waals surface area contributed by atoms with Gasteiger partial charge in [0.1, 0.15) is 0 Å². The van der Waals surface area contributed by atoms with Crippen LogP contribution >= 0.6 is 0 Å². The maximum Gasteiger partial charge on any atom is 0.0967 e. The molecule has 2 aliphatic rings. The average molecular weight is 249 g/mol. The molecule has 2 fully saturated rings. The van der Waals surface area contributed by atoms with Crippen molar-refractivity contribution in [3.8, 4) is 6.07 Å². The molecule has 1 aliphatic carbocycles. The summed E-state index contributed by atoms with van der Waals surface area (Å²) in [6, 6.07) is 3.11. The van der Waals surface area contributed by atoms with Gasteiger partial charge in [-0.05, 0) is 57.0 Å². The summed E-state index contributed by atoms with van der Waals surface area (Å²) in [5.41, 5.74) is 0.510. The minimum Gasteiger partial charge on any atom is -0.303 e. The molecule has 18 heavy (non-hydrogen) atoms. The Morgan fingerprint density at radius 2 is 2.11 bits per heavy atom. The average Bonchev–Trinajstić information content (AvgIpc) is 3.13. The number of nitriles is 1. The summed E-state index contributed by atoms with van der Waals surface area (Å²) >= 11 is 0. The van der Waals surface area contributed by atoms with E-state index in [9.17, 15) is 0 Å². The summed E-state index contributed by atoms with van der Waals surface area (Å²) in [5, 5.41) is 12.6. The van der Waals surface area contributed by atoms with Gasteiger partial charge in [-0.15, -0.1) is 0 Å². The summed E-state index contributed by atoms with van der Waals surface area (Å²) in [4.78, 5) is 2.55. The first kappa shape index (κ1) is 13.8. The highest BCUT2D eigenvalue weighted by molar-refractivity contribution is 4.96. The van der Waals surface area contributed by atoms with Crippen molar-refractivity contribution < 1.29 is 0 Å². The lowest BCUT2D eigenvalue weighted by molar-refractivity contribution is 0.254. The van der Waals surface area contributed by atoms with E-state index < -0.39 is 0 Å². The third kappa shape index (κ3) is 4.59. The largest absolute Gasteiger partial charge is 0.303 e. The molecule has 0 aromatic rings. The lowest BCUT2D eigenvalue weighted by Crippen LogP contribution is -2.35. The normalized spacial score (nSPS) is 26.3. The Balaban J connectivity index is 1.70. The molecule has 0 radical (unpaired) electrons. The number of likely N-dealkylation sites (tertiary alicyclic amines) is 1. The smallest absolute Gasteiger partial charge is 0.0967 e. The van der Waals surface area contributed by atoms with Crippen molar-refractivity contribution in [1.82, 2.24) is 10.2 Å². The van der Waals surface area contributed by atoms with Crippen LogP contribution in [-0.4, -0.2) is 36.6 Å². The molecule has 1 unspecified atom stereocenters. The number of nitrogens with zero attached hydrogens (tertiary/aromatic N) is 2. The topological polar surface area (TPSA) is 39.1 Å². The SMILES string of the molecule is CC1(C)CCCN(CCC(C#N)NC2CC2)CC1. The number of rotatable bonds is 5. The molecule has 3 nitrogen and oxygen atoms in total. The molecule has 102 valence electrons. The maximum atomic E-state index is 9.14. The standard InChI is InChI=1S/C15H27N3/c1-15(2)7-3-9-18(11-8-15)10-6-14(12-16)17-13-4-5-13/h13-14,17H,3-11H2,1-2H3. The van der Waals surface area contributed by atoms with Gasteiger partial charge in [-0.3, -0.25) is 5.32 Å². The van der Waals surface area contributed by atoms with E-state index in [0.717, 1.165) is 13.0 Å². The fraction of sp³-hybridized carbons (Fsp3) is 0.933. The molecular formula is C15H27N3. The Hall–Kier alpha value is -0.590. The Morgan fingerprint density at radius 3 is 2.78 bits per heavy atom. The molecule has 1 atom stereocenters. The van der Waals surface area contributed by atoms with E-state index in [0.29, 0.717) is 11.5 Å². The van der Waals surface area contributed by atoms with Gasteiger partial charge in [0.15, 0.2) is 0 Å². The van der Waals surface area contributed by atoms with Gasteiger partial charge in [-0.25, -0.2) is 0 Å². The number of hydrogen-bond donors (Lipinski definition) is 1. The van der Waals surface area contributed by atoms with Gasteiger partial charge >= 0.3 is 0 Å². The van der Waals surface area contributed by atoms with Crippen molar-refractivity contribution in [3.05, 3.63) is 0 Å². The lowest BCUT2D eigenvalue weighted by Gasteiger charge is -2.24. The van der Waals surface area contributed by atoms with Crippen molar-refractivity contribution in [1.29, 1.82) is 5.26 Å². The zero-order valence-corrected chi connectivity index (χ0v) is 11.9. The third-order valence-corrected chi connectivity index (χ3v) is 4.34. The van der Waals surface area contributed by atoms with Crippen LogP contribution in [0.2, 0.25) is 0 Å². The van der Waals surface area contributed by atoms with Gasteiger partial charge in [0.2, 0.25) is 0 Å². The van der Waals surface area contributed by atoms with Crippen LogP contribution in [0, 0.1) is 16.7 Å². The first-order chi connectivity index (χ1) is 8.59. The lowest BCUT2D eigenvalue weighted by atomic mass is 9.85. The highest BCUT2D eigenvalue weighted by atomic mass is 15.1. The first-order valence-electron chi connectivity index (χ1n) is 7.47. The summed E-state index contributed by atoms with van der Waals surface area (Å²) < 4.78 is 0. The summed E-state index contributed by atoms with van der Waals surface area (Å²) in [6.45, 7) is 8.25. The Kier molecular flexibility index (Phi) is 4.64. The van der Waals surface area contributed by atoms with E-state index in [1.807, 2.05) is 0 Å². The van der Waals surface area contributed by atoms with Crippen LogP contribution in [0.4, 0.5) is 0 Å². The second-order valence-electron chi connectivity index (χ2n) is 6.77. The molecule has 1 aliphatic heterocycles. The second kappa shape index (κ2) is 6.04. The van der Waals surface area contributed by atoms with E-state index in [1.165, 1.54) is 45.2 Å². The van der Waals surface area contributed by atoms with E-state index in [4.69, 9.17) is 5.26 Å². The summed E-state index contributed by atoms with van der Waals surface area (Å²) in [7, 11) is 0. The van der Waals surface area contributed by atoms with E-state index >= 15 is 0 Å². The highest BCUT2D eigenvalue weighted by Crippen LogP contribution is 2.29. The molecule has 1 heterocycles. The van der Waals surface area contributed by atoms with Crippen LogP contribution in [0.3, 0.4) is 0 Å². The minimum absolute atomic E-state index is 0.0637. The Bertz CT molecular complexity index is 301. The summed E-state index contributed by atoms with van der Waals surface area (Å²) in [6.07, 6.45) is 7.44. The van der Waals surface area contributed by atoms with Gasteiger partial charge in [-0.1, -0.05) is 13.8 Å². The Morgan fingerprint density at radius 1 is 1.33 bits per heavy atom. The molecular weight excluding hydrogens is 222 g/mol. The van der Waals surface area contributed by atoms with Crippen molar-refractivity contribution in [3.63, 3.8) is 0 Å². The zero-order chi connectivity index (χ0) is 13.0. The van der Waals surface area contributed by atoms with Gasteiger partial charge in [-0.2, -0.15) is 5.26 Å². The molecule has 2 rings (SSSR count). The van der Waals surface area contributed by atoms with E-state index in [1.54, 1.807) is 0 Å².